The second kappa shape index (κ2) is 7.97. The van der Waals surface area contributed by atoms with E-state index in [0.717, 1.165) is 18.9 Å². The van der Waals surface area contributed by atoms with Crippen molar-refractivity contribution in [2.24, 2.45) is 0 Å². The molecule has 0 heterocycles. The minimum absolute atomic E-state index is 0.0682. The number of alkyl halides is 3. The lowest BCUT2D eigenvalue weighted by Gasteiger charge is -2.10. The molecule has 0 amide bonds. The van der Waals surface area contributed by atoms with Gasteiger partial charge < -0.3 is 9.47 Å². The van der Waals surface area contributed by atoms with Crippen molar-refractivity contribution in [2.45, 2.75) is 25.9 Å². The highest BCUT2D eigenvalue weighted by Gasteiger charge is 2.34. The SMILES string of the molecule is CCCCOCCOC(=O)c1ccc(F)c(C(F)(F)F)c1. The van der Waals surface area contributed by atoms with Crippen LogP contribution in [-0.4, -0.2) is 25.8 Å². The molecule has 0 saturated heterocycles. The lowest BCUT2D eigenvalue weighted by atomic mass is 10.1. The van der Waals surface area contributed by atoms with E-state index in [1.807, 2.05) is 6.92 Å². The molecule has 0 aromatic heterocycles. The number of hydrogen-bond acceptors (Lipinski definition) is 3. The summed E-state index contributed by atoms with van der Waals surface area (Å²) in [4.78, 5) is 11.6. The van der Waals surface area contributed by atoms with Crippen LogP contribution in [-0.2, 0) is 15.7 Å². The number of halogens is 4. The molecule has 1 aromatic carbocycles. The Balaban J connectivity index is 2.55. The van der Waals surface area contributed by atoms with Crippen LogP contribution in [0.15, 0.2) is 18.2 Å². The highest BCUT2D eigenvalue weighted by atomic mass is 19.4. The van der Waals surface area contributed by atoms with Crippen LogP contribution in [0.5, 0.6) is 0 Å². The van der Waals surface area contributed by atoms with Crippen molar-refractivity contribution in [1.29, 1.82) is 0 Å². The molecule has 21 heavy (non-hydrogen) atoms. The minimum atomic E-state index is -4.86. The first-order chi connectivity index (χ1) is 9.86. The summed E-state index contributed by atoms with van der Waals surface area (Å²) in [6.07, 6.45) is -3.01. The van der Waals surface area contributed by atoms with Gasteiger partial charge in [0, 0.05) is 6.61 Å². The van der Waals surface area contributed by atoms with Crippen LogP contribution in [0.1, 0.15) is 35.7 Å². The van der Waals surface area contributed by atoms with Crippen LogP contribution >= 0.6 is 0 Å². The summed E-state index contributed by atoms with van der Waals surface area (Å²) < 4.78 is 60.5. The third kappa shape index (κ3) is 5.71. The lowest BCUT2D eigenvalue weighted by Crippen LogP contribution is -2.14. The summed E-state index contributed by atoms with van der Waals surface area (Å²) in [5.74, 6) is -2.37. The summed E-state index contributed by atoms with van der Waals surface area (Å²) in [6.45, 7) is 2.62. The van der Waals surface area contributed by atoms with Gasteiger partial charge in [-0.3, -0.25) is 0 Å². The largest absolute Gasteiger partial charge is 0.460 e. The van der Waals surface area contributed by atoms with E-state index in [1.54, 1.807) is 0 Å². The number of carbonyl (C=O) groups excluding carboxylic acids is 1. The predicted molar refractivity (Wildman–Crippen MR) is 67.4 cm³/mol. The summed E-state index contributed by atoms with van der Waals surface area (Å²) in [5, 5.41) is 0. The number of esters is 1. The van der Waals surface area contributed by atoms with E-state index in [1.165, 1.54) is 0 Å². The Hall–Kier alpha value is -1.63. The zero-order valence-electron chi connectivity index (χ0n) is 11.5. The Morgan fingerprint density at radius 1 is 1.19 bits per heavy atom. The van der Waals surface area contributed by atoms with Gasteiger partial charge in [0.1, 0.15) is 12.4 Å². The Morgan fingerprint density at radius 2 is 1.90 bits per heavy atom. The third-order valence-electron chi connectivity index (χ3n) is 2.61. The van der Waals surface area contributed by atoms with Crippen molar-refractivity contribution < 1.29 is 31.8 Å². The maximum absolute atomic E-state index is 13.1. The lowest BCUT2D eigenvalue weighted by molar-refractivity contribution is -0.140. The van der Waals surface area contributed by atoms with E-state index < -0.39 is 23.5 Å². The number of ether oxygens (including phenoxy) is 2. The Bertz CT molecular complexity index is 472. The molecule has 0 N–H and O–H groups in total. The fourth-order valence-electron chi connectivity index (χ4n) is 1.49. The van der Waals surface area contributed by atoms with Crippen molar-refractivity contribution in [3.05, 3.63) is 35.1 Å². The highest BCUT2D eigenvalue weighted by Crippen LogP contribution is 2.31. The van der Waals surface area contributed by atoms with Gasteiger partial charge in [-0.1, -0.05) is 13.3 Å². The Morgan fingerprint density at radius 3 is 2.52 bits per heavy atom. The zero-order chi connectivity index (χ0) is 15.9. The van der Waals surface area contributed by atoms with Crippen molar-refractivity contribution in [3.63, 3.8) is 0 Å². The topological polar surface area (TPSA) is 35.5 Å². The first-order valence-electron chi connectivity index (χ1n) is 6.48. The first kappa shape index (κ1) is 17.4. The molecule has 1 aromatic rings. The van der Waals surface area contributed by atoms with Crippen LogP contribution in [0.4, 0.5) is 17.6 Å². The van der Waals surface area contributed by atoms with Crippen LogP contribution in [0, 0.1) is 5.82 Å². The van der Waals surface area contributed by atoms with Crippen molar-refractivity contribution >= 4 is 5.97 Å². The minimum Gasteiger partial charge on any atom is -0.460 e. The van der Waals surface area contributed by atoms with Crippen molar-refractivity contribution in [1.82, 2.24) is 0 Å². The summed E-state index contributed by atoms with van der Waals surface area (Å²) >= 11 is 0. The molecule has 0 unspecified atom stereocenters. The average molecular weight is 308 g/mol. The molecule has 118 valence electrons. The quantitative estimate of drug-likeness (QED) is 0.436. The molecule has 3 nitrogen and oxygen atoms in total. The molecule has 0 aliphatic heterocycles. The second-order valence-electron chi connectivity index (χ2n) is 4.29. The third-order valence-corrected chi connectivity index (χ3v) is 2.61. The zero-order valence-corrected chi connectivity index (χ0v) is 11.5. The molecule has 1 rings (SSSR count). The number of benzene rings is 1. The average Bonchev–Trinajstić information content (AvgIpc) is 2.41. The number of hydrogen-bond donors (Lipinski definition) is 0. The fourth-order valence-corrected chi connectivity index (χ4v) is 1.49. The monoisotopic (exact) mass is 308 g/mol. The van der Waals surface area contributed by atoms with Crippen LogP contribution in [0.25, 0.3) is 0 Å². The molecule has 0 saturated carbocycles. The maximum Gasteiger partial charge on any atom is 0.419 e. The van der Waals surface area contributed by atoms with Crippen LogP contribution in [0.3, 0.4) is 0 Å². The molecule has 0 atom stereocenters. The maximum atomic E-state index is 13.1. The molecule has 0 aliphatic carbocycles. The number of rotatable bonds is 7. The van der Waals surface area contributed by atoms with Gasteiger partial charge in [0.25, 0.3) is 0 Å². The van der Waals surface area contributed by atoms with E-state index in [2.05, 4.69) is 0 Å². The van der Waals surface area contributed by atoms with Gasteiger partial charge in [-0.25, -0.2) is 9.18 Å². The van der Waals surface area contributed by atoms with E-state index in [9.17, 15) is 22.4 Å². The van der Waals surface area contributed by atoms with Gasteiger partial charge in [-0.2, -0.15) is 13.2 Å². The van der Waals surface area contributed by atoms with Gasteiger partial charge in [0.2, 0.25) is 0 Å². The first-order valence-corrected chi connectivity index (χ1v) is 6.48. The predicted octanol–water partition coefficient (Wildman–Crippen LogP) is 3.82. The fraction of sp³-hybridized carbons (Fsp3) is 0.500. The molecular weight excluding hydrogens is 292 g/mol. The van der Waals surface area contributed by atoms with Crippen molar-refractivity contribution in [2.75, 3.05) is 19.8 Å². The second-order valence-corrected chi connectivity index (χ2v) is 4.29. The smallest absolute Gasteiger partial charge is 0.419 e. The van der Waals surface area contributed by atoms with E-state index in [0.29, 0.717) is 18.7 Å². The van der Waals surface area contributed by atoms with Gasteiger partial charge in [0.05, 0.1) is 17.7 Å². The van der Waals surface area contributed by atoms with E-state index in [4.69, 9.17) is 9.47 Å². The molecule has 0 radical (unpaired) electrons. The number of unbranched alkanes of at least 4 members (excludes halogenated alkanes) is 1. The summed E-state index contributed by atoms with van der Waals surface area (Å²) in [6, 6.07) is 1.98. The van der Waals surface area contributed by atoms with E-state index in [-0.39, 0.29) is 18.8 Å². The van der Waals surface area contributed by atoms with Crippen LogP contribution < -0.4 is 0 Å². The highest BCUT2D eigenvalue weighted by molar-refractivity contribution is 5.89. The summed E-state index contributed by atoms with van der Waals surface area (Å²) in [7, 11) is 0. The summed E-state index contributed by atoms with van der Waals surface area (Å²) in [5.41, 5.74) is -1.84. The Labute approximate surface area is 119 Å². The van der Waals surface area contributed by atoms with Gasteiger partial charge in [-0.15, -0.1) is 0 Å². The molecule has 0 bridgehead atoms. The molecule has 0 aliphatic rings. The molecular formula is C14H16F4O3. The molecule has 7 heteroatoms. The normalized spacial score (nSPS) is 11.5. The van der Waals surface area contributed by atoms with Gasteiger partial charge >= 0.3 is 12.1 Å². The van der Waals surface area contributed by atoms with Gasteiger partial charge in [0.15, 0.2) is 0 Å². The standard InChI is InChI=1S/C14H16F4O3/c1-2-3-6-20-7-8-21-13(19)10-4-5-12(15)11(9-10)14(16,17)18/h4-5,9H,2-3,6-8H2,1H3. The Kier molecular flexibility index (Phi) is 6.61. The van der Waals surface area contributed by atoms with Gasteiger partial charge in [-0.05, 0) is 24.6 Å². The molecule has 0 fully saturated rings. The number of carbonyl (C=O) groups is 1. The van der Waals surface area contributed by atoms with Crippen LogP contribution in [0.2, 0.25) is 0 Å². The van der Waals surface area contributed by atoms with Crippen molar-refractivity contribution in [3.8, 4) is 0 Å². The molecule has 0 spiro atoms. The van der Waals surface area contributed by atoms with E-state index >= 15 is 0 Å².